The minimum absolute atomic E-state index is 0.0485. The number of rotatable bonds is 5. The second-order valence-corrected chi connectivity index (χ2v) is 5.84. The van der Waals surface area contributed by atoms with Gasteiger partial charge in [-0.3, -0.25) is 10.2 Å². The monoisotopic (exact) mass is 230 g/mol. The van der Waals surface area contributed by atoms with Gasteiger partial charge >= 0.3 is 0 Å². The number of nitrogens with one attached hydrogen (secondary N) is 1. The largest absolute Gasteiger partial charge is 0.294 e. The molecule has 1 rings (SSSR count). The summed E-state index contributed by atoms with van der Waals surface area (Å²) in [6.07, 6.45) is 6.99. The fraction of sp³-hybridized carbons (Fsp3) is 0.909. The van der Waals surface area contributed by atoms with Crippen molar-refractivity contribution < 1.29 is 4.79 Å². The van der Waals surface area contributed by atoms with Crippen molar-refractivity contribution >= 4 is 17.7 Å². The normalized spacial score (nSPS) is 26.3. The van der Waals surface area contributed by atoms with Gasteiger partial charge in [0.05, 0.1) is 0 Å². The molecule has 0 heterocycles. The van der Waals surface area contributed by atoms with E-state index in [4.69, 9.17) is 5.84 Å². The lowest BCUT2D eigenvalue weighted by Crippen LogP contribution is -2.29. The van der Waals surface area contributed by atoms with Crippen LogP contribution in [-0.4, -0.2) is 16.9 Å². The van der Waals surface area contributed by atoms with E-state index in [1.165, 1.54) is 25.7 Å². The van der Waals surface area contributed by atoms with Gasteiger partial charge in [0.2, 0.25) is 5.91 Å². The lowest BCUT2D eigenvalue weighted by atomic mass is 9.91. The van der Waals surface area contributed by atoms with Gasteiger partial charge in [-0.2, -0.15) is 11.8 Å². The highest BCUT2D eigenvalue weighted by Gasteiger charge is 2.18. The predicted octanol–water partition coefficient (Wildman–Crippen LogP) is 2.07. The van der Waals surface area contributed by atoms with E-state index in [2.05, 4.69) is 12.3 Å². The van der Waals surface area contributed by atoms with Crippen molar-refractivity contribution in [1.82, 2.24) is 5.43 Å². The fourth-order valence-electron chi connectivity index (χ4n) is 2.08. The molecule has 0 spiro atoms. The Morgan fingerprint density at radius 3 is 3.00 bits per heavy atom. The highest BCUT2D eigenvalue weighted by molar-refractivity contribution is 7.99. The highest BCUT2D eigenvalue weighted by Crippen LogP contribution is 2.32. The minimum atomic E-state index is -0.0485. The number of amides is 1. The van der Waals surface area contributed by atoms with Crippen LogP contribution in [0.1, 0.15) is 45.4 Å². The molecule has 1 amide bonds. The summed E-state index contributed by atoms with van der Waals surface area (Å²) >= 11 is 2.03. The zero-order valence-electron chi connectivity index (χ0n) is 9.50. The van der Waals surface area contributed by atoms with Crippen molar-refractivity contribution in [2.45, 2.75) is 50.7 Å². The van der Waals surface area contributed by atoms with Crippen molar-refractivity contribution in [3.05, 3.63) is 0 Å². The first kappa shape index (κ1) is 12.8. The van der Waals surface area contributed by atoms with Crippen LogP contribution < -0.4 is 11.3 Å². The van der Waals surface area contributed by atoms with Crippen LogP contribution in [-0.2, 0) is 4.79 Å². The first-order valence-corrected chi connectivity index (χ1v) is 6.88. The molecule has 1 fully saturated rings. The van der Waals surface area contributed by atoms with E-state index in [0.717, 1.165) is 23.3 Å². The third-order valence-electron chi connectivity index (χ3n) is 2.95. The fourth-order valence-corrected chi connectivity index (χ4v) is 3.53. The number of nitrogens with two attached hydrogens (primary N) is 1. The number of hydrogen-bond donors (Lipinski definition) is 2. The molecule has 2 unspecified atom stereocenters. The second kappa shape index (κ2) is 7.12. The van der Waals surface area contributed by atoms with Crippen molar-refractivity contribution in [3.8, 4) is 0 Å². The van der Waals surface area contributed by atoms with Gasteiger partial charge in [-0.25, -0.2) is 5.84 Å². The van der Waals surface area contributed by atoms with Gasteiger partial charge in [0.1, 0.15) is 0 Å². The molecule has 3 nitrogen and oxygen atoms in total. The van der Waals surface area contributed by atoms with Gasteiger partial charge in [-0.1, -0.05) is 19.8 Å². The van der Waals surface area contributed by atoms with E-state index in [1.807, 2.05) is 11.8 Å². The maximum absolute atomic E-state index is 10.9. The van der Waals surface area contributed by atoms with E-state index in [1.54, 1.807) is 0 Å². The topological polar surface area (TPSA) is 55.1 Å². The molecule has 0 aromatic heterocycles. The molecular formula is C11H22N2OS. The smallest absolute Gasteiger partial charge is 0.233 e. The van der Waals surface area contributed by atoms with Gasteiger partial charge in [-0.05, 0) is 30.9 Å². The zero-order valence-corrected chi connectivity index (χ0v) is 10.3. The van der Waals surface area contributed by atoms with Crippen LogP contribution in [0.3, 0.4) is 0 Å². The van der Waals surface area contributed by atoms with Gasteiger partial charge in [0, 0.05) is 11.7 Å². The van der Waals surface area contributed by atoms with Gasteiger partial charge < -0.3 is 0 Å². The minimum Gasteiger partial charge on any atom is -0.294 e. The average molecular weight is 230 g/mol. The van der Waals surface area contributed by atoms with Crippen LogP contribution in [0, 0.1) is 5.92 Å². The maximum atomic E-state index is 10.9. The molecule has 0 saturated heterocycles. The second-order valence-electron chi connectivity index (χ2n) is 4.44. The van der Waals surface area contributed by atoms with Crippen molar-refractivity contribution in [2.24, 2.45) is 11.8 Å². The van der Waals surface area contributed by atoms with E-state index in [-0.39, 0.29) is 5.91 Å². The van der Waals surface area contributed by atoms with Crippen LogP contribution in [0.5, 0.6) is 0 Å². The van der Waals surface area contributed by atoms with Crippen molar-refractivity contribution in [2.75, 3.05) is 5.75 Å². The van der Waals surface area contributed by atoms with Gasteiger partial charge in [0.15, 0.2) is 0 Å². The van der Waals surface area contributed by atoms with Crippen LogP contribution in [0.2, 0.25) is 0 Å². The summed E-state index contributed by atoms with van der Waals surface area (Å²) in [5.41, 5.74) is 2.16. The molecule has 0 radical (unpaired) electrons. The molecule has 4 heteroatoms. The third-order valence-corrected chi connectivity index (χ3v) is 4.37. The van der Waals surface area contributed by atoms with Gasteiger partial charge in [-0.15, -0.1) is 0 Å². The first-order chi connectivity index (χ1) is 7.22. The highest BCUT2D eigenvalue weighted by atomic mass is 32.2. The molecule has 0 aromatic rings. The van der Waals surface area contributed by atoms with Crippen LogP contribution in [0.25, 0.3) is 0 Å². The summed E-state index contributed by atoms with van der Waals surface area (Å²) in [5.74, 6) is 6.94. The van der Waals surface area contributed by atoms with E-state index in [0.29, 0.717) is 6.42 Å². The standard InChI is InChI=1S/C11H22N2OS/c1-9-4-2-5-10(8-9)15-7-3-6-11(14)13-12/h9-10H,2-8,12H2,1H3,(H,13,14). The summed E-state index contributed by atoms with van der Waals surface area (Å²) in [4.78, 5) is 10.9. The summed E-state index contributed by atoms with van der Waals surface area (Å²) in [6, 6.07) is 0. The van der Waals surface area contributed by atoms with E-state index >= 15 is 0 Å². The van der Waals surface area contributed by atoms with Crippen LogP contribution >= 0.6 is 11.8 Å². The molecule has 1 aliphatic carbocycles. The lowest BCUT2D eigenvalue weighted by molar-refractivity contribution is -0.121. The third kappa shape index (κ3) is 5.42. The molecule has 0 aliphatic heterocycles. The number of carbonyl (C=O) groups excluding carboxylic acids is 1. The molecular weight excluding hydrogens is 208 g/mol. The lowest BCUT2D eigenvalue weighted by Gasteiger charge is -2.26. The molecule has 88 valence electrons. The summed E-state index contributed by atoms with van der Waals surface area (Å²) in [5, 5.41) is 0.828. The molecule has 0 aromatic carbocycles. The Morgan fingerprint density at radius 1 is 1.53 bits per heavy atom. The van der Waals surface area contributed by atoms with E-state index < -0.39 is 0 Å². The predicted molar refractivity (Wildman–Crippen MR) is 65.4 cm³/mol. The maximum Gasteiger partial charge on any atom is 0.233 e. The van der Waals surface area contributed by atoms with Crippen molar-refractivity contribution in [3.63, 3.8) is 0 Å². The van der Waals surface area contributed by atoms with Gasteiger partial charge in [0.25, 0.3) is 0 Å². The van der Waals surface area contributed by atoms with E-state index in [9.17, 15) is 4.79 Å². The number of hydrogen-bond acceptors (Lipinski definition) is 3. The zero-order chi connectivity index (χ0) is 11.1. The van der Waals surface area contributed by atoms with Crippen LogP contribution in [0.4, 0.5) is 0 Å². The molecule has 1 aliphatic rings. The Bertz CT molecular complexity index is 199. The number of hydrazine groups is 1. The number of thioether (sulfide) groups is 1. The van der Waals surface area contributed by atoms with Crippen molar-refractivity contribution in [1.29, 1.82) is 0 Å². The molecule has 3 N–H and O–H groups in total. The Labute approximate surface area is 96.5 Å². The Balaban J connectivity index is 2.02. The van der Waals surface area contributed by atoms with Crippen LogP contribution in [0.15, 0.2) is 0 Å². The summed E-state index contributed by atoms with van der Waals surface area (Å²) < 4.78 is 0. The Hall–Kier alpha value is -0.220. The molecule has 15 heavy (non-hydrogen) atoms. The molecule has 1 saturated carbocycles. The summed E-state index contributed by atoms with van der Waals surface area (Å²) in [7, 11) is 0. The summed E-state index contributed by atoms with van der Waals surface area (Å²) in [6.45, 7) is 2.34. The first-order valence-electron chi connectivity index (χ1n) is 5.83. The Kier molecular flexibility index (Phi) is 6.10. The molecule has 2 atom stereocenters. The Morgan fingerprint density at radius 2 is 2.33 bits per heavy atom. The SMILES string of the molecule is CC1CCCC(SCCCC(=O)NN)C1. The quantitative estimate of drug-likeness (QED) is 0.329. The molecule has 0 bridgehead atoms. The average Bonchev–Trinajstić information content (AvgIpc) is 2.24. The number of carbonyl (C=O) groups is 1.